The van der Waals surface area contributed by atoms with E-state index < -0.39 is 17.7 Å². The molecule has 6 heteroatoms. The lowest BCUT2D eigenvalue weighted by atomic mass is 10.0. The second-order valence-corrected chi connectivity index (χ2v) is 5.30. The van der Waals surface area contributed by atoms with E-state index in [0.29, 0.717) is 17.1 Å². The van der Waals surface area contributed by atoms with Crippen molar-refractivity contribution in [2.24, 2.45) is 0 Å². The van der Waals surface area contributed by atoms with Crippen LogP contribution in [0, 0.1) is 6.92 Å². The van der Waals surface area contributed by atoms with Gasteiger partial charge in [0.2, 0.25) is 6.79 Å². The topological polar surface area (TPSA) is 71.1 Å². The molecule has 0 amide bonds. The first kappa shape index (κ1) is 13.5. The molecular weight excluding hydrogens is 276 g/mol. The van der Waals surface area contributed by atoms with E-state index in [2.05, 4.69) is 0 Å². The molecule has 3 rings (SSSR count). The Kier molecular flexibility index (Phi) is 2.90. The maximum Gasteiger partial charge on any atom is 0.348 e. The molecule has 6 nitrogen and oxygen atoms in total. The number of hydrogen-bond donors (Lipinski definition) is 0. The molecule has 2 aliphatic rings. The van der Waals surface area contributed by atoms with Crippen molar-refractivity contribution in [3.8, 4) is 11.5 Å². The molecule has 0 unspecified atom stereocenters. The van der Waals surface area contributed by atoms with Crippen molar-refractivity contribution in [2.45, 2.75) is 26.6 Å². The minimum absolute atomic E-state index is 0.142. The van der Waals surface area contributed by atoms with E-state index in [1.54, 1.807) is 12.1 Å². The van der Waals surface area contributed by atoms with Crippen molar-refractivity contribution in [1.82, 2.24) is 0 Å². The molecule has 1 aromatic carbocycles. The van der Waals surface area contributed by atoms with Gasteiger partial charge in [-0.05, 0) is 36.3 Å². The van der Waals surface area contributed by atoms with Gasteiger partial charge in [0, 0.05) is 13.8 Å². The Morgan fingerprint density at radius 2 is 1.62 bits per heavy atom. The second kappa shape index (κ2) is 4.51. The number of esters is 2. The third kappa shape index (κ3) is 2.44. The van der Waals surface area contributed by atoms with Gasteiger partial charge in [-0.25, -0.2) is 9.59 Å². The number of fused-ring (bicyclic) bond motifs is 1. The quantitative estimate of drug-likeness (QED) is 0.447. The standard InChI is InChI=1S/C15H14O6/c1-8-4-11-12(19-7-18-11)6-9(8)5-10-13(16)20-15(2,3)21-14(10)17/h4-6H,7H2,1-3H3. The zero-order chi connectivity index (χ0) is 15.2. The summed E-state index contributed by atoms with van der Waals surface area (Å²) < 4.78 is 20.7. The van der Waals surface area contributed by atoms with Gasteiger partial charge in [0.05, 0.1) is 0 Å². The summed E-state index contributed by atoms with van der Waals surface area (Å²) in [6.45, 7) is 5.02. The third-order valence-corrected chi connectivity index (χ3v) is 3.18. The largest absolute Gasteiger partial charge is 0.454 e. The van der Waals surface area contributed by atoms with Gasteiger partial charge in [0.25, 0.3) is 5.79 Å². The van der Waals surface area contributed by atoms with E-state index >= 15 is 0 Å². The van der Waals surface area contributed by atoms with Gasteiger partial charge in [-0.2, -0.15) is 0 Å². The van der Waals surface area contributed by atoms with Crippen molar-refractivity contribution >= 4 is 18.0 Å². The number of benzene rings is 1. The molecule has 0 aliphatic carbocycles. The SMILES string of the molecule is Cc1cc2c(cc1C=C1C(=O)OC(C)(C)OC1=O)OCO2. The van der Waals surface area contributed by atoms with E-state index in [0.717, 1.165) is 5.56 Å². The van der Waals surface area contributed by atoms with Gasteiger partial charge < -0.3 is 18.9 Å². The number of ether oxygens (including phenoxy) is 4. The summed E-state index contributed by atoms with van der Waals surface area (Å²) in [5.41, 5.74) is 1.37. The Morgan fingerprint density at radius 3 is 2.24 bits per heavy atom. The molecule has 110 valence electrons. The minimum Gasteiger partial charge on any atom is -0.454 e. The van der Waals surface area contributed by atoms with Crippen LogP contribution in [0.3, 0.4) is 0 Å². The maximum absolute atomic E-state index is 11.9. The van der Waals surface area contributed by atoms with Gasteiger partial charge >= 0.3 is 11.9 Å². The van der Waals surface area contributed by atoms with Crippen molar-refractivity contribution in [2.75, 3.05) is 6.79 Å². The zero-order valence-corrected chi connectivity index (χ0v) is 11.9. The van der Waals surface area contributed by atoms with Gasteiger partial charge in [0.1, 0.15) is 5.57 Å². The lowest BCUT2D eigenvalue weighted by Gasteiger charge is -2.29. The van der Waals surface area contributed by atoms with Crippen LogP contribution in [-0.4, -0.2) is 24.5 Å². The number of carbonyl (C=O) groups excluding carboxylic acids is 2. The maximum atomic E-state index is 11.9. The van der Waals surface area contributed by atoms with Crippen LogP contribution in [0.25, 0.3) is 6.08 Å². The Morgan fingerprint density at radius 1 is 1.05 bits per heavy atom. The minimum atomic E-state index is -1.24. The fraction of sp³-hybridized carbons (Fsp3) is 0.333. The number of carbonyl (C=O) groups is 2. The van der Waals surface area contributed by atoms with Crippen LogP contribution in [0.4, 0.5) is 0 Å². The second-order valence-electron chi connectivity index (χ2n) is 5.30. The summed E-state index contributed by atoms with van der Waals surface area (Å²) in [7, 11) is 0. The first-order valence-corrected chi connectivity index (χ1v) is 6.44. The fourth-order valence-electron chi connectivity index (χ4n) is 2.15. The average Bonchev–Trinajstić information content (AvgIpc) is 2.79. The smallest absolute Gasteiger partial charge is 0.348 e. The molecule has 0 N–H and O–H groups in total. The van der Waals surface area contributed by atoms with Crippen LogP contribution in [-0.2, 0) is 19.1 Å². The molecule has 0 atom stereocenters. The Hall–Kier alpha value is -2.50. The highest BCUT2D eigenvalue weighted by Gasteiger charge is 2.39. The first-order chi connectivity index (χ1) is 9.85. The van der Waals surface area contributed by atoms with Crippen LogP contribution >= 0.6 is 0 Å². The van der Waals surface area contributed by atoms with Crippen LogP contribution in [0.15, 0.2) is 17.7 Å². The highest BCUT2D eigenvalue weighted by Crippen LogP contribution is 2.35. The molecule has 1 fully saturated rings. The summed E-state index contributed by atoms with van der Waals surface area (Å²) in [4.78, 5) is 23.8. The molecule has 0 aromatic heterocycles. The molecule has 1 saturated heterocycles. The number of rotatable bonds is 1. The average molecular weight is 290 g/mol. The molecular formula is C15H14O6. The summed E-state index contributed by atoms with van der Waals surface area (Å²) >= 11 is 0. The molecule has 21 heavy (non-hydrogen) atoms. The van der Waals surface area contributed by atoms with Gasteiger partial charge in [-0.1, -0.05) is 0 Å². The van der Waals surface area contributed by atoms with E-state index in [4.69, 9.17) is 18.9 Å². The number of aryl methyl sites for hydroxylation is 1. The van der Waals surface area contributed by atoms with Crippen LogP contribution < -0.4 is 9.47 Å². The molecule has 0 saturated carbocycles. The molecule has 0 bridgehead atoms. The predicted molar refractivity (Wildman–Crippen MR) is 71.5 cm³/mol. The van der Waals surface area contributed by atoms with Crippen molar-refractivity contribution in [3.63, 3.8) is 0 Å². The number of hydrogen-bond acceptors (Lipinski definition) is 6. The van der Waals surface area contributed by atoms with Crippen LogP contribution in [0.5, 0.6) is 11.5 Å². The first-order valence-electron chi connectivity index (χ1n) is 6.44. The zero-order valence-electron chi connectivity index (χ0n) is 11.9. The van der Waals surface area contributed by atoms with E-state index in [1.807, 2.05) is 6.92 Å². The fourth-order valence-corrected chi connectivity index (χ4v) is 2.15. The van der Waals surface area contributed by atoms with E-state index in [-0.39, 0.29) is 12.4 Å². The Balaban J connectivity index is 1.99. The number of cyclic esters (lactones) is 2. The molecule has 2 heterocycles. The highest BCUT2D eigenvalue weighted by atomic mass is 16.7. The summed E-state index contributed by atoms with van der Waals surface area (Å²) in [5.74, 6) is -1.42. The Labute approximate surface area is 121 Å². The summed E-state index contributed by atoms with van der Waals surface area (Å²) in [6, 6.07) is 3.50. The lowest BCUT2D eigenvalue weighted by molar-refractivity contribution is -0.222. The van der Waals surface area contributed by atoms with Gasteiger partial charge in [0.15, 0.2) is 11.5 Å². The molecule has 0 radical (unpaired) electrons. The van der Waals surface area contributed by atoms with Gasteiger partial charge in [-0.15, -0.1) is 0 Å². The van der Waals surface area contributed by atoms with E-state index in [9.17, 15) is 9.59 Å². The van der Waals surface area contributed by atoms with Crippen molar-refractivity contribution in [3.05, 3.63) is 28.8 Å². The van der Waals surface area contributed by atoms with Gasteiger partial charge in [-0.3, -0.25) is 0 Å². The molecule has 0 spiro atoms. The van der Waals surface area contributed by atoms with Crippen LogP contribution in [0.1, 0.15) is 25.0 Å². The van der Waals surface area contributed by atoms with E-state index in [1.165, 1.54) is 19.9 Å². The monoisotopic (exact) mass is 290 g/mol. The summed E-state index contributed by atoms with van der Waals surface area (Å²) in [5, 5.41) is 0. The lowest BCUT2D eigenvalue weighted by Crippen LogP contribution is -2.41. The summed E-state index contributed by atoms with van der Waals surface area (Å²) in [6.07, 6.45) is 1.44. The van der Waals surface area contributed by atoms with Crippen molar-refractivity contribution < 1.29 is 28.5 Å². The normalized spacial score (nSPS) is 19.1. The predicted octanol–water partition coefficient (Wildman–Crippen LogP) is 1.94. The highest BCUT2D eigenvalue weighted by molar-refractivity contribution is 6.19. The van der Waals surface area contributed by atoms with Crippen molar-refractivity contribution in [1.29, 1.82) is 0 Å². The van der Waals surface area contributed by atoms with Crippen LogP contribution in [0.2, 0.25) is 0 Å². The third-order valence-electron chi connectivity index (χ3n) is 3.18. The molecule has 2 aliphatic heterocycles. The Bertz CT molecular complexity index is 649. The molecule has 1 aromatic rings.